The molecule has 4 aromatic carbocycles. The van der Waals surface area contributed by atoms with Crippen molar-refractivity contribution in [2.24, 2.45) is 0 Å². The molecule has 2 nitrogen and oxygen atoms in total. The standard InChI is InChI=1S/C28H28NO.Hf/c1-18-14-20-16-24(28(2,3)4)27(30-5)26(23(20)15-18)29-17-19-10-6-7-11-21(19)22-12-8-9-13-25(22)29;/h6-16H,17H2,1-5H3;/q-1;. The Kier molecular flexibility index (Phi) is 5.68. The first-order valence-electron chi connectivity index (χ1n) is 10.6. The van der Waals surface area contributed by atoms with E-state index in [0.29, 0.717) is 0 Å². The van der Waals surface area contributed by atoms with Crippen molar-refractivity contribution >= 4 is 22.1 Å². The molecule has 4 aromatic rings. The number of hydrogen-bond acceptors (Lipinski definition) is 2. The number of nitrogens with zero attached hydrogens (tertiary/aromatic N) is 1. The van der Waals surface area contributed by atoms with Crippen LogP contribution in [0.2, 0.25) is 0 Å². The van der Waals surface area contributed by atoms with Gasteiger partial charge in [0.15, 0.2) is 0 Å². The van der Waals surface area contributed by atoms with Crippen molar-refractivity contribution in [1.29, 1.82) is 0 Å². The summed E-state index contributed by atoms with van der Waals surface area (Å²) in [6, 6.07) is 24.4. The van der Waals surface area contributed by atoms with Gasteiger partial charge in [-0.15, -0.1) is 28.5 Å². The summed E-state index contributed by atoms with van der Waals surface area (Å²) in [6.45, 7) is 9.78. The Labute approximate surface area is 204 Å². The first kappa shape index (κ1) is 22.0. The zero-order valence-corrected chi connectivity index (χ0v) is 22.5. The van der Waals surface area contributed by atoms with E-state index in [1.54, 1.807) is 7.11 Å². The van der Waals surface area contributed by atoms with Crippen molar-refractivity contribution in [3.8, 4) is 16.9 Å². The third-order valence-corrected chi connectivity index (χ3v) is 6.19. The Bertz CT molecular complexity index is 1260. The molecule has 0 saturated heterocycles. The number of fused-ring (bicyclic) bond motifs is 4. The van der Waals surface area contributed by atoms with Crippen molar-refractivity contribution in [3.05, 3.63) is 83.4 Å². The molecule has 31 heavy (non-hydrogen) atoms. The predicted molar refractivity (Wildman–Crippen MR) is 127 cm³/mol. The van der Waals surface area contributed by atoms with E-state index in [1.807, 2.05) is 0 Å². The van der Waals surface area contributed by atoms with Gasteiger partial charge >= 0.3 is 0 Å². The number of methoxy groups -OCH3 is 1. The zero-order valence-electron chi connectivity index (χ0n) is 18.9. The number of para-hydroxylation sites is 1. The van der Waals surface area contributed by atoms with Crippen LogP contribution in [0, 0.1) is 6.92 Å². The van der Waals surface area contributed by atoms with E-state index in [2.05, 4.69) is 99.3 Å². The number of rotatable bonds is 2. The molecule has 1 aliphatic heterocycles. The van der Waals surface area contributed by atoms with Gasteiger partial charge in [-0.25, -0.2) is 0 Å². The molecule has 0 spiro atoms. The molecule has 0 saturated carbocycles. The van der Waals surface area contributed by atoms with Gasteiger partial charge in [0.05, 0.1) is 7.11 Å². The average molecular weight is 573 g/mol. The Morgan fingerprint density at radius 1 is 0.935 bits per heavy atom. The molecule has 0 radical (unpaired) electrons. The molecule has 5 rings (SSSR count). The maximum atomic E-state index is 6.13. The van der Waals surface area contributed by atoms with Gasteiger partial charge in [-0.1, -0.05) is 70.2 Å². The number of ether oxygens (including phenoxy) is 1. The van der Waals surface area contributed by atoms with Crippen LogP contribution in [0.3, 0.4) is 0 Å². The summed E-state index contributed by atoms with van der Waals surface area (Å²) in [6.07, 6.45) is 0. The normalized spacial score (nSPS) is 12.9. The van der Waals surface area contributed by atoms with E-state index < -0.39 is 0 Å². The molecule has 0 atom stereocenters. The number of aryl methyl sites for hydroxylation is 1. The van der Waals surface area contributed by atoms with Crippen LogP contribution in [-0.2, 0) is 37.8 Å². The summed E-state index contributed by atoms with van der Waals surface area (Å²) >= 11 is 0. The molecule has 0 N–H and O–H groups in total. The van der Waals surface area contributed by atoms with Gasteiger partial charge in [-0.2, -0.15) is 6.07 Å². The molecular formula is C28H28HfNO-. The Morgan fingerprint density at radius 2 is 1.61 bits per heavy atom. The molecule has 1 heterocycles. The van der Waals surface area contributed by atoms with Crippen LogP contribution in [0.4, 0.5) is 11.4 Å². The smallest absolute Gasteiger partial charge is 0.127 e. The van der Waals surface area contributed by atoms with Crippen LogP contribution in [-0.4, -0.2) is 7.11 Å². The molecule has 1 aliphatic rings. The minimum atomic E-state index is -0.0212. The van der Waals surface area contributed by atoms with E-state index in [-0.39, 0.29) is 31.3 Å². The van der Waals surface area contributed by atoms with E-state index in [0.717, 1.165) is 12.3 Å². The van der Waals surface area contributed by atoms with Crippen LogP contribution in [0.25, 0.3) is 21.9 Å². The summed E-state index contributed by atoms with van der Waals surface area (Å²) in [5.41, 5.74) is 8.86. The first-order valence-corrected chi connectivity index (χ1v) is 10.6. The summed E-state index contributed by atoms with van der Waals surface area (Å²) < 4.78 is 6.13. The molecule has 0 fully saturated rings. The maximum Gasteiger partial charge on any atom is 0.127 e. The maximum absolute atomic E-state index is 6.13. The first-order chi connectivity index (χ1) is 14.4. The molecule has 0 unspecified atom stereocenters. The van der Waals surface area contributed by atoms with Gasteiger partial charge in [0.2, 0.25) is 0 Å². The quantitative estimate of drug-likeness (QED) is 0.182. The number of benzene rings is 3. The van der Waals surface area contributed by atoms with E-state index in [4.69, 9.17) is 4.74 Å². The van der Waals surface area contributed by atoms with Crippen LogP contribution < -0.4 is 9.64 Å². The second-order valence-corrected chi connectivity index (χ2v) is 9.35. The Balaban J connectivity index is 0.00000231. The van der Waals surface area contributed by atoms with E-state index in [1.165, 1.54) is 50.0 Å². The van der Waals surface area contributed by atoms with Gasteiger partial charge in [0.1, 0.15) is 5.75 Å². The van der Waals surface area contributed by atoms with Gasteiger partial charge in [0, 0.05) is 49.3 Å². The molecule has 0 amide bonds. The largest absolute Gasteiger partial charge is 0.496 e. The van der Waals surface area contributed by atoms with Gasteiger partial charge in [0.25, 0.3) is 0 Å². The number of anilines is 2. The van der Waals surface area contributed by atoms with Crippen LogP contribution >= 0.6 is 0 Å². The van der Waals surface area contributed by atoms with Crippen molar-refractivity contribution in [2.75, 3.05) is 12.0 Å². The van der Waals surface area contributed by atoms with Crippen LogP contribution in [0.5, 0.6) is 5.75 Å². The third kappa shape index (κ3) is 3.57. The topological polar surface area (TPSA) is 12.5 Å². The van der Waals surface area contributed by atoms with Gasteiger partial charge in [-0.05, 0) is 28.2 Å². The van der Waals surface area contributed by atoms with Crippen molar-refractivity contribution in [1.82, 2.24) is 0 Å². The molecule has 0 bridgehead atoms. The minimum absolute atomic E-state index is 0. The monoisotopic (exact) mass is 574 g/mol. The predicted octanol–water partition coefficient (Wildman–Crippen LogP) is 7.49. The molecular weight excluding hydrogens is 545 g/mol. The van der Waals surface area contributed by atoms with Crippen molar-refractivity contribution in [2.45, 2.75) is 39.7 Å². The second-order valence-electron chi connectivity index (χ2n) is 9.35. The SMILES string of the molecule is COc1c(C(C)(C)C)cc2[cH-]c(C)cc2c1N1Cc2ccccc2-c2ccccc21.[Hf]. The molecule has 0 aliphatic carbocycles. The zero-order chi connectivity index (χ0) is 21.0. The van der Waals surface area contributed by atoms with Gasteiger partial charge < -0.3 is 9.64 Å². The third-order valence-electron chi connectivity index (χ3n) is 6.19. The van der Waals surface area contributed by atoms with Crippen LogP contribution in [0.1, 0.15) is 37.5 Å². The summed E-state index contributed by atoms with van der Waals surface area (Å²) in [5, 5.41) is 2.54. The van der Waals surface area contributed by atoms with Crippen molar-refractivity contribution < 1.29 is 30.6 Å². The fourth-order valence-electron chi connectivity index (χ4n) is 4.82. The molecule has 0 aromatic heterocycles. The Morgan fingerprint density at radius 3 is 2.32 bits per heavy atom. The van der Waals surface area contributed by atoms with E-state index in [9.17, 15) is 0 Å². The minimum Gasteiger partial charge on any atom is -0.496 e. The summed E-state index contributed by atoms with van der Waals surface area (Å²) in [5.74, 6) is 0.981. The molecule has 156 valence electrons. The summed E-state index contributed by atoms with van der Waals surface area (Å²) in [4.78, 5) is 2.45. The molecule has 3 heteroatoms. The van der Waals surface area contributed by atoms with Gasteiger partial charge in [-0.3, -0.25) is 0 Å². The number of hydrogen-bond donors (Lipinski definition) is 0. The Hall–Kier alpha value is -2.26. The van der Waals surface area contributed by atoms with Crippen molar-refractivity contribution in [3.63, 3.8) is 0 Å². The second kappa shape index (κ2) is 8.02. The fourth-order valence-corrected chi connectivity index (χ4v) is 4.82. The summed E-state index contributed by atoms with van der Waals surface area (Å²) in [7, 11) is 1.81. The fraction of sp³-hybridized carbons (Fsp3) is 0.250. The van der Waals surface area contributed by atoms with Crippen LogP contribution in [0.15, 0.2) is 66.7 Å². The van der Waals surface area contributed by atoms with E-state index >= 15 is 0 Å². The average Bonchev–Trinajstić information content (AvgIpc) is 3.11.